The van der Waals surface area contributed by atoms with Gasteiger partial charge in [0, 0.05) is 5.18 Å². The summed E-state index contributed by atoms with van der Waals surface area (Å²) in [6.07, 6.45) is 2.11. The summed E-state index contributed by atoms with van der Waals surface area (Å²) in [5, 5.41) is 2.24. The minimum atomic E-state index is -0.798. The molecule has 1 aromatic carbocycles. The Morgan fingerprint density at radius 3 is 2.53 bits per heavy atom. The minimum Gasteiger partial charge on any atom is -0.484 e. The molecule has 0 aromatic heterocycles. The van der Waals surface area contributed by atoms with Crippen molar-refractivity contribution >= 4 is 5.91 Å². The first-order valence-corrected chi connectivity index (χ1v) is 4.84. The molecule has 0 unspecified atom stereocenters. The van der Waals surface area contributed by atoms with Gasteiger partial charge in [-0.15, -0.1) is 4.91 Å². The van der Waals surface area contributed by atoms with Crippen LogP contribution in [0.25, 0.3) is 0 Å². The van der Waals surface area contributed by atoms with Crippen molar-refractivity contribution in [1.29, 1.82) is 0 Å². The Hall–Kier alpha value is -1.71. The summed E-state index contributed by atoms with van der Waals surface area (Å²) in [7, 11) is 0. The zero-order valence-electron chi connectivity index (χ0n) is 8.60. The van der Waals surface area contributed by atoms with Crippen LogP contribution in [-0.2, 0) is 11.2 Å². The van der Waals surface area contributed by atoms with Gasteiger partial charge in [-0.1, -0.05) is 25.5 Å². The van der Waals surface area contributed by atoms with Gasteiger partial charge in [0.2, 0.25) is 0 Å². The van der Waals surface area contributed by atoms with Crippen LogP contribution in [0.4, 0.5) is 0 Å². The van der Waals surface area contributed by atoms with Gasteiger partial charge in [0.15, 0.2) is 6.61 Å². The standard InChI is InChI=1S/C11H13NO3/c1-2-3-9-4-6-10(7-5-9)15-8-11(13)12-14/h4-7H,2-3,8H2,1H3. The van der Waals surface area contributed by atoms with Gasteiger partial charge in [0.1, 0.15) is 5.75 Å². The predicted octanol–water partition coefficient (Wildman–Crippen LogP) is 2.31. The SMILES string of the molecule is CCCc1ccc(OCC(=O)N=O)cc1. The third-order valence-electron chi connectivity index (χ3n) is 1.93. The average molecular weight is 207 g/mol. The van der Waals surface area contributed by atoms with Crippen molar-refractivity contribution in [1.82, 2.24) is 0 Å². The molecule has 0 spiro atoms. The van der Waals surface area contributed by atoms with E-state index >= 15 is 0 Å². The summed E-state index contributed by atoms with van der Waals surface area (Å²) >= 11 is 0. The number of ether oxygens (including phenoxy) is 1. The third-order valence-corrected chi connectivity index (χ3v) is 1.93. The van der Waals surface area contributed by atoms with Crippen LogP contribution in [-0.4, -0.2) is 12.5 Å². The maximum absolute atomic E-state index is 10.6. The van der Waals surface area contributed by atoms with Crippen LogP contribution in [0.15, 0.2) is 29.4 Å². The number of nitroso groups, excluding NO2 is 1. The van der Waals surface area contributed by atoms with E-state index in [9.17, 15) is 9.70 Å². The highest BCUT2D eigenvalue weighted by Crippen LogP contribution is 2.13. The molecular weight excluding hydrogens is 194 g/mol. The first-order chi connectivity index (χ1) is 7.26. The number of hydrogen-bond acceptors (Lipinski definition) is 3. The lowest BCUT2D eigenvalue weighted by atomic mass is 10.1. The summed E-state index contributed by atoms with van der Waals surface area (Å²) < 4.78 is 5.05. The predicted molar refractivity (Wildman–Crippen MR) is 56.7 cm³/mol. The van der Waals surface area contributed by atoms with Gasteiger partial charge in [-0.25, -0.2) is 0 Å². The topological polar surface area (TPSA) is 55.7 Å². The number of aryl methyl sites for hydroxylation is 1. The second kappa shape index (κ2) is 5.90. The zero-order chi connectivity index (χ0) is 11.1. The molecule has 0 bridgehead atoms. The number of amides is 1. The quantitative estimate of drug-likeness (QED) is 0.696. The van der Waals surface area contributed by atoms with E-state index in [0.717, 1.165) is 12.8 Å². The van der Waals surface area contributed by atoms with Crippen molar-refractivity contribution in [3.8, 4) is 5.75 Å². The monoisotopic (exact) mass is 207 g/mol. The Balaban J connectivity index is 2.49. The van der Waals surface area contributed by atoms with Gasteiger partial charge in [0.05, 0.1) is 0 Å². The second-order valence-electron chi connectivity index (χ2n) is 3.17. The first-order valence-electron chi connectivity index (χ1n) is 4.84. The normalized spacial score (nSPS) is 9.67. The molecule has 0 saturated carbocycles. The van der Waals surface area contributed by atoms with Gasteiger partial charge < -0.3 is 4.74 Å². The maximum atomic E-state index is 10.6. The van der Waals surface area contributed by atoms with E-state index in [1.165, 1.54) is 5.56 Å². The molecule has 0 fully saturated rings. The summed E-state index contributed by atoms with van der Waals surface area (Å²) in [5.41, 5.74) is 1.23. The maximum Gasteiger partial charge on any atom is 0.323 e. The molecule has 80 valence electrons. The molecule has 0 heterocycles. The van der Waals surface area contributed by atoms with Gasteiger partial charge >= 0.3 is 5.91 Å². The summed E-state index contributed by atoms with van der Waals surface area (Å²) in [6.45, 7) is 1.81. The minimum absolute atomic E-state index is 0.295. The van der Waals surface area contributed by atoms with E-state index in [2.05, 4.69) is 12.1 Å². The molecule has 1 aromatic rings. The highest BCUT2D eigenvalue weighted by atomic mass is 16.5. The van der Waals surface area contributed by atoms with Crippen molar-refractivity contribution in [2.75, 3.05) is 6.61 Å². The van der Waals surface area contributed by atoms with Crippen molar-refractivity contribution in [3.05, 3.63) is 34.7 Å². The highest BCUT2D eigenvalue weighted by Gasteiger charge is 2.01. The summed E-state index contributed by atoms with van der Waals surface area (Å²) in [5.74, 6) is -0.223. The zero-order valence-corrected chi connectivity index (χ0v) is 8.60. The van der Waals surface area contributed by atoms with E-state index in [1.807, 2.05) is 12.1 Å². The fraction of sp³-hybridized carbons (Fsp3) is 0.364. The van der Waals surface area contributed by atoms with Crippen molar-refractivity contribution in [2.24, 2.45) is 5.18 Å². The molecule has 1 rings (SSSR count). The second-order valence-corrected chi connectivity index (χ2v) is 3.17. The van der Waals surface area contributed by atoms with E-state index in [1.54, 1.807) is 12.1 Å². The highest BCUT2D eigenvalue weighted by molar-refractivity contribution is 5.78. The molecule has 0 aliphatic heterocycles. The molecule has 4 heteroatoms. The Kier molecular flexibility index (Phi) is 4.47. The molecule has 0 aliphatic rings. The van der Waals surface area contributed by atoms with E-state index in [0.29, 0.717) is 5.75 Å². The van der Waals surface area contributed by atoms with Crippen molar-refractivity contribution < 1.29 is 9.53 Å². The summed E-state index contributed by atoms with van der Waals surface area (Å²) in [4.78, 5) is 20.3. The van der Waals surface area contributed by atoms with Crippen LogP contribution in [0, 0.1) is 4.91 Å². The fourth-order valence-electron chi connectivity index (χ4n) is 1.21. The van der Waals surface area contributed by atoms with Crippen LogP contribution < -0.4 is 4.74 Å². The van der Waals surface area contributed by atoms with Crippen LogP contribution in [0.5, 0.6) is 5.75 Å². The van der Waals surface area contributed by atoms with E-state index in [-0.39, 0.29) is 6.61 Å². The van der Waals surface area contributed by atoms with E-state index in [4.69, 9.17) is 4.74 Å². The largest absolute Gasteiger partial charge is 0.484 e. The van der Waals surface area contributed by atoms with Gasteiger partial charge in [-0.3, -0.25) is 4.79 Å². The molecule has 0 aliphatic carbocycles. The lowest BCUT2D eigenvalue weighted by Crippen LogP contribution is -2.07. The first kappa shape index (κ1) is 11.4. The van der Waals surface area contributed by atoms with Crippen molar-refractivity contribution in [2.45, 2.75) is 19.8 Å². The molecule has 0 atom stereocenters. The molecule has 15 heavy (non-hydrogen) atoms. The third kappa shape index (κ3) is 3.89. The molecular formula is C11H13NO3. The van der Waals surface area contributed by atoms with Gasteiger partial charge in [-0.2, -0.15) is 0 Å². The Labute approximate surface area is 88.2 Å². The number of nitrogens with zero attached hydrogens (tertiary/aromatic N) is 1. The number of benzene rings is 1. The van der Waals surface area contributed by atoms with Crippen LogP contribution in [0.3, 0.4) is 0 Å². The van der Waals surface area contributed by atoms with Crippen LogP contribution in [0.1, 0.15) is 18.9 Å². The van der Waals surface area contributed by atoms with Gasteiger partial charge in [0.25, 0.3) is 0 Å². The Morgan fingerprint density at radius 2 is 2.00 bits per heavy atom. The summed E-state index contributed by atoms with van der Waals surface area (Å²) in [6, 6.07) is 7.45. The van der Waals surface area contributed by atoms with Crippen molar-refractivity contribution in [3.63, 3.8) is 0 Å². The molecule has 0 N–H and O–H groups in total. The number of rotatable bonds is 5. The lowest BCUT2D eigenvalue weighted by molar-refractivity contribution is -0.119. The number of carbonyl (C=O) groups excluding carboxylic acids is 1. The lowest BCUT2D eigenvalue weighted by Gasteiger charge is -2.03. The number of hydrogen-bond donors (Lipinski definition) is 0. The fourth-order valence-corrected chi connectivity index (χ4v) is 1.21. The molecule has 4 nitrogen and oxygen atoms in total. The Morgan fingerprint density at radius 1 is 1.33 bits per heavy atom. The van der Waals surface area contributed by atoms with Gasteiger partial charge in [-0.05, 0) is 24.1 Å². The smallest absolute Gasteiger partial charge is 0.323 e. The van der Waals surface area contributed by atoms with E-state index < -0.39 is 5.91 Å². The Bertz CT molecular complexity index is 332. The van der Waals surface area contributed by atoms with Crippen LogP contribution in [0.2, 0.25) is 0 Å². The molecule has 0 radical (unpaired) electrons. The molecule has 1 amide bonds. The molecule has 0 saturated heterocycles. The average Bonchev–Trinajstić information content (AvgIpc) is 2.28. The number of carbonyl (C=O) groups is 1. The van der Waals surface area contributed by atoms with Crippen LogP contribution >= 0.6 is 0 Å².